The number of anilines is 1. The van der Waals surface area contributed by atoms with Crippen LogP contribution in [0, 0.1) is 10.5 Å². The van der Waals surface area contributed by atoms with E-state index in [4.69, 9.17) is 11.6 Å². The van der Waals surface area contributed by atoms with Crippen LogP contribution in [0.4, 0.5) is 5.69 Å². The SMILES string of the molecule is Cc1c(Cl)cccc1C(=O)Nc1ccc(I)cc1. The zero-order valence-corrected chi connectivity index (χ0v) is 12.6. The zero-order chi connectivity index (χ0) is 13.1. The van der Waals surface area contributed by atoms with Gasteiger partial charge in [-0.1, -0.05) is 17.7 Å². The van der Waals surface area contributed by atoms with Crippen LogP contribution in [0.3, 0.4) is 0 Å². The highest BCUT2D eigenvalue weighted by Gasteiger charge is 2.10. The number of carbonyl (C=O) groups excluding carboxylic acids is 1. The molecule has 1 amide bonds. The average molecular weight is 372 g/mol. The van der Waals surface area contributed by atoms with Gasteiger partial charge in [0.2, 0.25) is 0 Å². The first-order valence-corrected chi connectivity index (χ1v) is 6.85. The lowest BCUT2D eigenvalue weighted by Crippen LogP contribution is -2.13. The van der Waals surface area contributed by atoms with E-state index in [2.05, 4.69) is 27.9 Å². The minimum Gasteiger partial charge on any atom is -0.322 e. The van der Waals surface area contributed by atoms with Crippen molar-refractivity contribution < 1.29 is 4.79 Å². The van der Waals surface area contributed by atoms with Gasteiger partial charge in [0.25, 0.3) is 5.91 Å². The molecular weight excluding hydrogens is 361 g/mol. The van der Waals surface area contributed by atoms with E-state index in [1.54, 1.807) is 18.2 Å². The molecular formula is C14H11ClINO. The number of nitrogens with one attached hydrogen (secondary N) is 1. The molecule has 2 nitrogen and oxygen atoms in total. The van der Waals surface area contributed by atoms with Crippen molar-refractivity contribution >= 4 is 45.8 Å². The van der Waals surface area contributed by atoms with Crippen LogP contribution in [0.15, 0.2) is 42.5 Å². The van der Waals surface area contributed by atoms with Crippen LogP contribution in [0.2, 0.25) is 5.02 Å². The molecule has 0 radical (unpaired) electrons. The van der Waals surface area contributed by atoms with Crippen LogP contribution in [-0.4, -0.2) is 5.91 Å². The Balaban J connectivity index is 2.22. The van der Waals surface area contributed by atoms with Gasteiger partial charge in [-0.15, -0.1) is 0 Å². The summed E-state index contributed by atoms with van der Waals surface area (Å²) in [6.07, 6.45) is 0. The maximum absolute atomic E-state index is 12.1. The van der Waals surface area contributed by atoms with Crippen molar-refractivity contribution in [1.29, 1.82) is 0 Å². The number of benzene rings is 2. The monoisotopic (exact) mass is 371 g/mol. The molecule has 0 aliphatic heterocycles. The van der Waals surface area contributed by atoms with Crippen molar-refractivity contribution in [1.82, 2.24) is 0 Å². The van der Waals surface area contributed by atoms with Crippen molar-refractivity contribution in [3.63, 3.8) is 0 Å². The molecule has 0 saturated heterocycles. The Morgan fingerprint density at radius 1 is 1.17 bits per heavy atom. The molecule has 0 aromatic heterocycles. The predicted octanol–water partition coefficient (Wildman–Crippen LogP) is 4.51. The standard InChI is InChI=1S/C14H11ClINO/c1-9-12(3-2-4-13(9)15)14(18)17-11-7-5-10(16)6-8-11/h2-8H,1H3,(H,17,18). The molecule has 4 heteroatoms. The summed E-state index contributed by atoms with van der Waals surface area (Å²) in [5.74, 6) is -0.142. The highest BCUT2D eigenvalue weighted by molar-refractivity contribution is 14.1. The van der Waals surface area contributed by atoms with Crippen molar-refractivity contribution in [2.75, 3.05) is 5.32 Å². The molecule has 2 aromatic carbocycles. The Hall–Kier alpha value is -1.07. The van der Waals surface area contributed by atoms with Gasteiger partial charge < -0.3 is 5.32 Å². The van der Waals surface area contributed by atoms with Gasteiger partial charge in [-0.25, -0.2) is 0 Å². The molecule has 2 aromatic rings. The summed E-state index contributed by atoms with van der Waals surface area (Å²) in [5.41, 5.74) is 2.17. The molecule has 0 bridgehead atoms. The van der Waals surface area contributed by atoms with Crippen LogP contribution < -0.4 is 5.32 Å². The average Bonchev–Trinajstić information content (AvgIpc) is 2.35. The number of rotatable bonds is 2. The van der Waals surface area contributed by atoms with Gasteiger partial charge in [0.1, 0.15) is 0 Å². The Kier molecular flexibility index (Phi) is 4.24. The molecule has 0 saturated carbocycles. The molecule has 2 rings (SSSR count). The van der Waals surface area contributed by atoms with Gasteiger partial charge in [-0.2, -0.15) is 0 Å². The second-order valence-corrected chi connectivity index (χ2v) is 5.53. The van der Waals surface area contributed by atoms with E-state index in [9.17, 15) is 4.79 Å². The fourth-order valence-electron chi connectivity index (χ4n) is 1.59. The largest absolute Gasteiger partial charge is 0.322 e. The molecule has 0 atom stereocenters. The Morgan fingerprint density at radius 3 is 2.50 bits per heavy atom. The smallest absolute Gasteiger partial charge is 0.255 e. The number of hydrogen-bond acceptors (Lipinski definition) is 1. The summed E-state index contributed by atoms with van der Waals surface area (Å²) in [5, 5.41) is 3.45. The van der Waals surface area contributed by atoms with Gasteiger partial charge in [0.05, 0.1) is 0 Å². The second-order valence-electron chi connectivity index (χ2n) is 3.87. The molecule has 0 spiro atoms. The Bertz CT molecular complexity index is 581. The third-order valence-corrected chi connectivity index (χ3v) is 3.74. The molecule has 0 unspecified atom stereocenters. The topological polar surface area (TPSA) is 29.1 Å². The van der Waals surface area contributed by atoms with E-state index in [0.717, 1.165) is 14.8 Å². The van der Waals surface area contributed by atoms with Crippen LogP contribution >= 0.6 is 34.2 Å². The first kappa shape index (κ1) is 13.4. The zero-order valence-electron chi connectivity index (χ0n) is 9.71. The quantitative estimate of drug-likeness (QED) is 0.774. The fraction of sp³-hybridized carbons (Fsp3) is 0.0714. The lowest BCUT2D eigenvalue weighted by atomic mass is 10.1. The highest BCUT2D eigenvalue weighted by Crippen LogP contribution is 2.20. The normalized spacial score (nSPS) is 10.2. The minimum absolute atomic E-state index is 0.142. The van der Waals surface area contributed by atoms with Crippen LogP contribution in [0.1, 0.15) is 15.9 Å². The van der Waals surface area contributed by atoms with Gasteiger partial charge in [-0.3, -0.25) is 4.79 Å². The number of carbonyl (C=O) groups is 1. The summed E-state index contributed by atoms with van der Waals surface area (Å²) in [7, 11) is 0. The van der Waals surface area contributed by atoms with E-state index in [1.165, 1.54) is 0 Å². The molecule has 18 heavy (non-hydrogen) atoms. The summed E-state index contributed by atoms with van der Waals surface area (Å²) in [6.45, 7) is 1.84. The molecule has 0 aliphatic rings. The predicted molar refractivity (Wildman–Crippen MR) is 83.3 cm³/mol. The third kappa shape index (κ3) is 3.03. The van der Waals surface area contributed by atoms with Gasteiger partial charge in [-0.05, 0) is 71.5 Å². The lowest BCUT2D eigenvalue weighted by molar-refractivity contribution is 0.102. The Labute approximate surface area is 124 Å². The second kappa shape index (κ2) is 5.71. The van der Waals surface area contributed by atoms with Gasteiger partial charge >= 0.3 is 0 Å². The number of halogens is 2. The van der Waals surface area contributed by atoms with Gasteiger partial charge in [0, 0.05) is 19.8 Å². The number of hydrogen-bond donors (Lipinski definition) is 1. The first-order valence-electron chi connectivity index (χ1n) is 5.40. The minimum atomic E-state index is -0.142. The Morgan fingerprint density at radius 2 is 1.83 bits per heavy atom. The van der Waals surface area contributed by atoms with Crippen molar-refractivity contribution in [2.45, 2.75) is 6.92 Å². The van der Waals surface area contributed by atoms with E-state index in [0.29, 0.717) is 10.6 Å². The highest BCUT2D eigenvalue weighted by atomic mass is 127. The van der Waals surface area contributed by atoms with E-state index in [1.807, 2.05) is 31.2 Å². The van der Waals surface area contributed by atoms with Gasteiger partial charge in [0.15, 0.2) is 0 Å². The van der Waals surface area contributed by atoms with Crippen molar-refractivity contribution in [2.24, 2.45) is 0 Å². The number of amides is 1. The van der Waals surface area contributed by atoms with E-state index in [-0.39, 0.29) is 5.91 Å². The maximum Gasteiger partial charge on any atom is 0.255 e. The van der Waals surface area contributed by atoms with Crippen LogP contribution in [0.25, 0.3) is 0 Å². The summed E-state index contributed by atoms with van der Waals surface area (Å²) in [4.78, 5) is 12.1. The summed E-state index contributed by atoms with van der Waals surface area (Å²) in [6, 6.07) is 13.0. The first-order chi connectivity index (χ1) is 8.58. The van der Waals surface area contributed by atoms with Crippen LogP contribution in [-0.2, 0) is 0 Å². The third-order valence-electron chi connectivity index (χ3n) is 2.61. The summed E-state index contributed by atoms with van der Waals surface area (Å²) >= 11 is 8.22. The fourth-order valence-corrected chi connectivity index (χ4v) is 2.12. The van der Waals surface area contributed by atoms with Crippen molar-refractivity contribution in [3.8, 4) is 0 Å². The van der Waals surface area contributed by atoms with Crippen LogP contribution in [0.5, 0.6) is 0 Å². The van der Waals surface area contributed by atoms with E-state index < -0.39 is 0 Å². The van der Waals surface area contributed by atoms with E-state index >= 15 is 0 Å². The molecule has 0 heterocycles. The molecule has 1 N–H and O–H groups in total. The lowest BCUT2D eigenvalue weighted by Gasteiger charge is -2.08. The maximum atomic E-state index is 12.1. The molecule has 0 aliphatic carbocycles. The molecule has 92 valence electrons. The molecule has 0 fully saturated rings. The summed E-state index contributed by atoms with van der Waals surface area (Å²) < 4.78 is 1.13. The van der Waals surface area contributed by atoms with Crippen molar-refractivity contribution in [3.05, 3.63) is 62.2 Å².